The number of aryl methyl sites for hydroxylation is 1. The summed E-state index contributed by atoms with van der Waals surface area (Å²) < 4.78 is 15.4. The molecule has 1 fully saturated rings. The molecule has 6 nitrogen and oxygen atoms in total. The highest BCUT2D eigenvalue weighted by Crippen LogP contribution is 2.26. The maximum absolute atomic E-state index is 13.7. The molecular weight excluding hydrogens is 367 g/mol. The van der Waals surface area contributed by atoms with Crippen molar-refractivity contribution < 1.29 is 4.39 Å². The highest BCUT2D eigenvalue weighted by atomic mass is 19.1. The van der Waals surface area contributed by atoms with Gasteiger partial charge in [-0.05, 0) is 62.0 Å². The summed E-state index contributed by atoms with van der Waals surface area (Å²) in [6.45, 7) is 11.3. The molecule has 0 atom stereocenters. The van der Waals surface area contributed by atoms with Gasteiger partial charge in [-0.2, -0.15) is 5.10 Å². The summed E-state index contributed by atoms with van der Waals surface area (Å²) in [6.07, 6.45) is 3.28. The molecule has 0 radical (unpaired) electrons. The number of nitrogen functional groups attached to an aromatic ring is 1. The summed E-state index contributed by atoms with van der Waals surface area (Å²) in [5.41, 5.74) is 10.6. The van der Waals surface area contributed by atoms with Crippen LogP contribution in [0.2, 0.25) is 0 Å². The molecule has 1 aliphatic heterocycles. The van der Waals surface area contributed by atoms with E-state index in [1.165, 1.54) is 12.1 Å². The van der Waals surface area contributed by atoms with Crippen LogP contribution in [0, 0.1) is 12.7 Å². The van der Waals surface area contributed by atoms with Gasteiger partial charge in [0, 0.05) is 17.8 Å². The first-order chi connectivity index (χ1) is 13.9. The molecule has 1 saturated heterocycles. The number of aromatic nitrogens is 3. The van der Waals surface area contributed by atoms with Gasteiger partial charge >= 0.3 is 0 Å². The summed E-state index contributed by atoms with van der Waals surface area (Å²) in [6, 6.07) is 10.3. The molecule has 2 aromatic heterocycles. The Morgan fingerprint density at radius 2 is 2.03 bits per heavy atom. The Bertz CT molecular complexity index is 1000. The van der Waals surface area contributed by atoms with Crippen LogP contribution in [0.15, 0.2) is 61.4 Å². The third-order valence-corrected chi connectivity index (χ3v) is 4.35. The lowest BCUT2D eigenvalue weighted by Crippen LogP contribution is -2.15. The van der Waals surface area contributed by atoms with Crippen LogP contribution < -0.4 is 11.1 Å². The molecule has 3 N–H and O–H groups in total. The third-order valence-electron chi connectivity index (χ3n) is 4.35. The largest absolute Gasteiger partial charge is 0.384 e. The van der Waals surface area contributed by atoms with Crippen LogP contribution in [0.5, 0.6) is 0 Å². The molecule has 150 valence electrons. The maximum atomic E-state index is 13.7. The summed E-state index contributed by atoms with van der Waals surface area (Å²) in [5, 5.41) is 7.56. The van der Waals surface area contributed by atoms with Crippen molar-refractivity contribution in [2.75, 3.05) is 26.0 Å². The van der Waals surface area contributed by atoms with Gasteiger partial charge in [0.2, 0.25) is 0 Å². The number of anilines is 1. The zero-order valence-electron chi connectivity index (χ0n) is 16.7. The van der Waals surface area contributed by atoms with Crippen molar-refractivity contribution in [1.82, 2.24) is 25.0 Å². The SMILES string of the molecule is C=C1CN(C)CN1.C=Cc1cc(-c2cc(C)cc(F)c2)n(-c2ccc(N)nc2)n1. The summed E-state index contributed by atoms with van der Waals surface area (Å²) in [7, 11) is 2.06. The van der Waals surface area contributed by atoms with E-state index >= 15 is 0 Å². The van der Waals surface area contributed by atoms with Crippen molar-refractivity contribution in [3.63, 3.8) is 0 Å². The van der Waals surface area contributed by atoms with Crippen molar-refractivity contribution >= 4 is 11.9 Å². The van der Waals surface area contributed by atoms with Gasteiger partial charge < -0.3 is 11.1 Å². The Morgan fingerprint density at radius 1 is 1.24 bits per heavy atom. The van der Waals surface area contributed by atoms with Crippen LogP contribution in [-0.4, -0.2) is 39.9 Å². The van der Waals surface area contributed by atoms with Crippen LogP contribution in [0.4, 0.5) is 10.2 Å². The lowest BCUT2D eigenvalue weighted by molar-refractivity contribution is 0.414. The van der Waals surface area contributed by atoms with E-state index in [0.29, 0.717) is 11.5 Å². The monoisotopic (exact) mass is 392 g/mol. The summed E-state index contributed by atoms with van der Waals surface area (Å²) in [5.74, 6) is 0.154. The van der Waals surface area contributed by atoms with Gasteiger partial charge in [0.15, 0.2) is 0 Å². The van der Waals surface area contributed by atoms with E-state index in [0.717, 1.165) is 41.4 Å². The van der Waals surface area contributed by atoms with Crippen LogP contribution in [-0.2, 0) is 0 Å². The zero-order valence-corrected chi connectivity index (χ0v) is 16.7. The Labute approximate surface area is 170 Å². The smallest absolute Gasteiger partial charge is 0.124 e. The minimum absolute atomic E-state index is 0.279. The molecule has 0 spiro atoms. The molecule has 1 aliphatic rings. The second-order valence-corrected chi connectivity index (χ2v) is 6.98. The van der Waals surface area contributed by atoms with Crippen LogP contribution in [0.25, 0.3) is 23.0 Å². The predicted octanol–water partition coefficient (Wildman–Crippen LogP) is 3.60. The Morgan fingerprint density at radius 3 is 2.55 bits per heavy atom. The molecule has 4 rings (SSSR count). The van der Waals surface area contributed by atoms with Gasteiger partial charge in [0.05, 0.1) is 29.9 Å². The number of halogens is 1. The molecule has 0 amide bonds. The van der Waals surface area contributed by atoms with E-state index < -0.39 is 0 Å². The van der Waals surface area contributed by atoms with Gasteiger partial charge in [-0.25, -0.2) is 14.1 Å². The Hall–Kier alpha value is -3.45. The van der Waals surface area contributed by atoms with Gasteiger partial charge in [0.1, 0.15) is 11.6 Å². The number of hydrogen-bond acceptors (Lipinski definition) is 5. The van der Waals surface area contributed by atoms with E-state index in [1.54, 1.807) is 23.0 Å². The Balaban J connectivity index is 0.000000290. The third kappa shape index (κ3) is 5.08. The number of pyridine rings is 1. The first-order valence-corrected chi connectivity index (χ1v) is 9.18. The molecule has 7 heteroatoms. The lowest BCUT2D eigenvalue weighted by Gasteiger charge is -2.08. The van der Waals surface area contributed by atoms with Crippen molar-refractivity contribution in [3.8, 4) is 16.9 Å². The van der Waals surface area contributed by atoms with Crippen LogP contribution in [0.1, 0.15) is 11.3 Å². The van der Waals surface area contributed by atoms with Crippen molar-refractivity contribution in [1.29, 1.82) is 0 Å². The zero-order chi connectivity index (χ0) is 21.0. The topological polar surface area (TPSA) is 72.0 Å². The van der Waals surface area contributed by atoms with Gasteiger partial charge in [-0.15, -0.1) is 0 Å². The van der Waals surface area contributed by atoms with Crippen molar-refractivity contribution in [3.05, 3.63) is 78.5 Å². The van der Waals surface area contributed by atoms with Crippen LogP contribution in [0.3, 0.4) is 0 Å². The minimum atomic E-state index is -0.279. The summed E-state index contributed by atoms with van der Waals surface area (Å²) >= 11 is 0. The molecule has 0 aliphatic carbocycles. The molecule has 0 unspecified atom stereocenters. The average molecular weight is 392 g/mol. The normalized spacial score (nSPS) is 13.6. The van der Waals surface area contributed by atoms with Crippen molar-refractivity contribution in [2.24, 2.45) is 0 Å². The first kappa shape index (κ1) is 20.3. The molecule has 0 saturated carbocycles. The quantitative estimate of drug-likeness (QED) is 0.713. The number of benzene rings is 1. The number of nitrogens with one attached hydrogen (secondary N) is 1. The standard InChI is InChI=1S/C17H15FN4.C5H10N2/c1-3-14-9-16(12-6-11(2)7-13(18)8-12)22(21-14)15-4-5-17(19)20-10-15;1-5-3-7(2)4-6-5/h3-10H,1H2,2H3,(H2,19,20);6H,1,3-4H2,2H3. The Kier molecular flexibility index (Phi) is 6.09. The number of likely N-dealkylation sites (N-methyl/N-ethyl adjacent to an activating group) is 1. The molecular formula is C22H25FN6. The highest BCUT2D eigenvalue weighted by Gasteiger charge is 2.12. The minimum Gasteiger partial charge on any atom is -0.384 e. The lowest BCUT2D eigenvalue weighted by atomic mass is 10.1. The fourth-order valence-electron chi connectivity index (χ4n) is 2.99. The molecule has 3 heterocycles. The van der Waals surface area contributed by atoms with E-state index in [9.17, 15) is 4.39 Å². The molecule has 29 heavy (non-hydrogen) atoms. The van der Waals surface area contributed by atoms with Gasteiger partial charge in [-0.1, -0.05) is 13.2 Å². The fourth-order valence-corrected chi connectivity index (χ4v) is 2.99. The number of nitrogens with zero attached hydrogens (tertiary/aromatic N) is 4. The highest BCUT2D eigenvalue weighted by molar-refractivity contribution is 5.66. The van der Waals surface area contributed by atoms with E-state index in [-0.39, 0.29) is 5.82 Å². The molecule has 0 bridgehead atoms. The second kappa shape index (κ2) is 8.70. The summed E-state index contributed by atoms with van der Waals surface area (Å²) in [4.78, 5) is 6.25. The van der Waals surface area contributed by atoms with Crippen LogP contribution >= 0.6 is 0 Å². The predicted molar refractivity (Wildman–Crippen MR) is 116 cm³/mol. The molecule has 1 aromatic carbocycles. The molecule has 3 aromatic rings. The second-order valence-electron chi connectivity index (χ2n) is 6.98. The number of rotatable bonds is 3. The number of nitrogens with two attached hydrogens (primary N) is 1. The van der Waals surface area contributed by atoms with Gasteiger partial charge in [-0.3, -0.25) is 4.90 Å². The van der Waals surface area contributed by atoms with E-state index in [2.05, 4.69) is 40.5 Å². The van der Waals surface area contributed by atoms with E-state index in [4.69, 9.17) is 5.73 Å². The maximum Gasteiger partial charge on any atom is 0.124 e. The first-order valence-electron chi connectivity index (χ1n) is 9.18. The van der Waals surface area contributed by atoms with Gasteiger partial charge in [0.25, 0.3) is 0 Å². The fraction of sp³-hybridized carbons (Fsp3) is 0.182. The average Bonchev–Trinajstić information content (AvgIpc) is 3.27. The van der Waals surface area contributed by atoms with Crippen molar-refractivity contribution in [2.45, 2.75) is 6.92 Å². The number of hydrogen-bond donors (Lipinski definition) is 2. The van der Waals surface area contributed by atoms with E-state index in [1.807, 2.05) is 25.1 Å².